The van der Waals surface area contributed by atoms with Crippen LogP contribution in [0.4, 0.5) is 17.1 Å². The smallest absolute Gasteiger partial charge is 0.132 e. The lowest BCUT2D eigenvalue weighted by molar-refractivity contribution is 0.433. The minimum Gasteiger partial charge on any atom is -0.457 e. The maximum atomic E-state index is 6.86. The van der Waals surface area contributed by atoms with Crippen LogP contribution in [0.3, 0.4) is 0 Å². The number of rotatable bonds is 2. The molecule has 0 saturated carbocycles. The molecule has 0 amide bonds. The zero-order valence-electron chi connectivity index (χ0n) is 32.6. The molecule has 57 heavy (non-hydrogen) atoms. The van der Waals surface area contributed by atoms with E-state index in [0.717, 1.165) is 17.2 Å². The second-order valence-corrected chi connectivity index (χ2v) is 17.3. The molecule has 1 spiro atoms. The number of nitrogens with zero attached hydrogens (tertiary/aromatic N) is 1. The Bertz CT molecular complexity index is 2820. The Morgan fingerprint density at radius 1 is 0.351 bits per heavy atom. The molecular weight excluding hydrogens is 691 g/mol. The van der Waals surface area contributed by atoms with E-state index in [4.69, 9.17) is 4.74 Å². The van der Waals surface area contributed by atoms with Crippen molar-refractivity contribution in [1.82, 2.24) is 0 Å². The van der Waals surface area contributed by atoms with E-state index in [1.807, 2.05) is 0 Å². The van der Waals surface area contributed by atoms with Crippen LogP contribution >= 0.6 is 0 Å². The monoisotopic (exact) mass is 731 g/mol. The summed E-state index contributed by atoms with van der Waals surface area (Å²) < 4.78 is 6.86. The molecule has 0 fully saturated rings. The van der Waals surface area contributed by atoms with Gasteiger partial charge in [0.15, 0.2) is 0 Å². The van der Waals surface area contributed by atoms with Crippen LogP contribution in [0.5, 0.6) is 11.5 Å². The number of para-hydroxylation sites is 2. The maximum Gasteiger partial charge on any atom is 0.132 e. The maximum absolute atomic E-state index is 6.86. The van der Waals surface area contributed by atoms with Crippen molar-refractivity contribution >= 4 is 17.1 Å². The van der Waals surface area contributed by atoms with E-state index in [2.05, 4.69) is 209 Å². The highest BCUT2D eigenvalue weighted by atomic mass is 16.5. The molecule has 8 aromatic carbocycles. The fourth-order valence-corrected chi connectivity index (χ4v) is 11.0. The van der Waals surface area contributed by atoms with Crippen molar-refractivity contribution in [3.8, 4) is 44.9 Å². The van der Waals surface area contributed by atoms with Crippen molar-refractivity contribution < 1.29 is 4.74 Å². The van der Waals surface area contributed by atoms with Crippen molar-refractivity contribution in [3.63, 3.8) is 0 Å². The number of hydrogen-bond acceptors (Lipinski definition) is 2. The Morgan fingerprint density at radius 3 is 1.28 bits per heavy atom. The predicted molar refractivity (Wildman–Crippen MR) is 234 cm³/mol. The predicted octanol–water partition coefficient (Wildman–Crippen LogP) is 14.2. The summed E-state index contributed by atoms with van der Waals surface area (Å²) >= 11 is 0. The van der Waals surface area contributed by atoms with Gasteiger partial charge in [0.2, 0.25) is 0 Å². The van der Waals surface area contributed by atoms with E-state index >= 15 is 0 Å². The van der Waals surface area contributed by atoms with Gasteiger partial charge >= 0.3 is 0 Å². The molecule has 0 radical (unpaired) electrons. The molecule has 2 aliphatic carbocycles. The van der Waals surface area contributed by atoms with Crippen LogP contribution < -0.4 is 9.64 Å². The zero-order chi connectivity index (χ0) is 38.3. The Kier molecular flexibility index (Phi) is 6.42. The minimum absolute atomic E-state index is 0.184. The molecule has 272 valence electrons. The van der Waals surface area contributed by atoms with E-state index in [9.17, 15) is 0 Å². The summed E-state index contributed by atoms with van der Waals surface area (Å²) in [7, 11) is 0. The molecule has 0 atom stereocenters. The van der Waals surface area contributed by atoms with Gasteiger partial charge < -0.3 is 9.64 Å². The molecule has 0 unspecified atom stereocenters. The summed E-state index contributed by atoms with van der Waals surface area (Å²) in [4.78, 5) is 2.56. The van der Waals surface area contributed by atoms with Gasteiger partial charge in [0, 0.05) is 27.6 Å². The summed E-state index contributed by atoms with van der Waals surface area (Å²) in [6.45, 7) is 9.58. The number of benzene rings is 8. The van der Waals surface area contributed by atoms with Gasteiger partial charge in [0.1, 0.15) is 11.5 Å². The molecule has 0 aromatic heterocycles. The van der Waals surface area contributed by atoms with Crippen LogP contribution in [0, 0.1) is 0 Å². The molecule has 4 aliphatic rings. The van der Waals surface area contributed by atoms with E-state index in [0.29, 0.717) is 0 Å². The van der Waals surface area contributed by atoms with E-state index in [-0.39, 0.29) is 10.8 Å². The third-order valence-corrected chi connectivity index (χ3v) is 13.7. The minimum atomic E-state index is -0.670. The number of fused-ring (bicyclic) bond motifs is 14. The molecule has 0 bridgehead atoms. The molecule has 2 heteroatoms. The van der Waals surface area contributed by atoms with Crippen molar-refractivity contribution in [1.29, 1.82) is 0 Å². The molecule has 8 aromatic rings. The first kappa shape index (κ1) is 32.6. The normalized spacial score (nSPS) is 16.2. The molecule has 12 rings (SSSR count). The van der Waals surface area contributed by atoms with E-state index in [1.165, 1.54) is 89.3 Å². The molecule has 2 aliphatic heterocycles. The highest BCUT2D eigenvalue weighted by molar-refractivity contribution is 5.98. The summed E-state index contributed by atoms with van der Waals surface area (Å²) in [6, 6.07) is 65.6. The van der Waals surface area contributed by atoms with Crippen molar-refractivity contribution in [2.24, 2.45) is 0 Å². The third-order valence-electron chi connectivity index (χ3n) is 13.7. The first-order valence-corrected chi connectivity index (χ1v) is 20.2. The second-order valence-electron chi connectivity index (χ2n) is 17.3. The van der Waals surface area contributed by atoms with Gasteiger partial charge in [0.25, 0.3) is 0 Å². The Labute approximate surface area is 334 Å². The topological polar surface area (TPSA) is 12.5 Å². The quantitative estimate of drug-likeness (QED) is 0.176. The molecule has 0 N–H and O–H groups in total. The first-order chi connectivity index (χ1) is 27.8. The van der Waals surface area contributed by atoms with Gasteiger partial charge in [0.05, 0.1) is 16.8 Å². The SMILES string of the molecule is CC1(C)c2ccccc2-c2cc3c(cc21)C1(c2ccccc2Oc2ccccc21)c1cc2c(cc1N3c1ccc(-c3ccccc3)cc1)-c1ccccc1C2(C)C. The first-order valence-electron chi connectivity index (χ1n) is 20.2. The average molecular weight is 732 g/mol. The Morgan fingerprint density at radius 2 is 0.772 bits per heavy atom. The number of hydrogen-bond donors (Lipinski definition) is 0. The van der Waals surface area contributed by atoms with Gasteiger partial charge in [-0.2, -0.15) is 0 Å². The largest absolute Gasteiger partial charge is 0.457 e. The van der Waals surface area contributed by atoms with Crippen LogP contribution in [-0.4, -0.2) is 0 Å². The molecule has 2 nitrogen and oxygen atoms in total. The van der Waals surface area contributed by atoms with Crippen molar-refractivity contribution in [2.45, 2.75) is 43.9 Å². The summed E-state index contributed by atoms with van der Waals surface area (Å²) in [6.07, 6.45) is 0. The lowest BCUT2D eigenvalue weighted by Gasteiger charge is -2.49. The van der Waals surface area contributed by atoms with Crippen molar-refractivity contribution in [2.75, 3.05) is 4.90 Å². The highest BCUT2D eigenvalue weighted by Gasteiger charge is 2.54. The Balaban J connectivity index is 1.25. The fourth-order valence-electron chi connectivity index (χ4n) is 11.0. The third kappa shape index (κ3) is 4.15. The highest BCUT2D eigenvalue weighted by Crippen LogP contribution is 2.66. The van der Waals surface area contributed by atoms with Gasteiger partial charge in [-0.25, -0.2) is 0 Å². The summed E-state index contributed by atoms with van der Waals surface area (Å²) in [5.41, 5.74) is 20.5. The van der Waals surface area contributed by atoms with Crippen LogP contribution in [0.25, 0.3) is 33.4 Å². The van der Waals surface area contributed by atoms with Gasteiger partial charge in [-0.15, -0.1) is 0 Å². The van der Waals surface area contributed by atoms with E-state index < -0.39 is 5.41 Å². The molecule has 2 heterocycles. The van der Waals surface area contributed by atoms with Crippen LogP contribution in [-0.2, 0) is 16.2 Å². The van der Waals surface area contributed by atoms with Gasteiger partial charge in [-0.3, -0.25) is 0 Å². The molecule has 0 saturated heterocycles. The fraction of sp³-hybridized carbons (Fsp3) is 0.127. The van der Waals surface area contributed by atoms with Gasteiger partial charge in [-0.1, -0.05) is 167 Å². The van der Waals surface area contributed by atoms with E-state index in [1.54, 1.807) is 0 Å². The Hall–Kier alpha value is -6.64. The van der Waals surface area contributed by atoms with Gasteiger partial charge in [-0.05, 0) is 103 Å². The second kappa shape index (κ2) is 11.2. The number of anilines is 3. The lowest BCUT2D eigenvalue weighted by Crippen LogP contribution is -2.40. The lowest BCUT2D eigenvalue weighted by atomic mass is 9.59. The molecular formula is C55H41NO. The standard InChI is InChI=1S/C55H41NO/c1-53(2)41-20-10-8-18-37(41)39-30-49-47(32-45(39)53)55(43-22-12-14-24-51(43)57-52-25-15-13-23-44(52)55)48-33-46-40(38-19-9-11-21-42(38)54(46,3)4)31-50(48)56(49)36-28-26-35(27-29-36)34-16-6-5-7-17-34/h5-33H,1-4H3. The van der Waals surface area contributed by atoms with Crippen LogP contribution in [0.15, 0.2) is 176 Å². The van der Waals surface area contributed by atoms with Crippen LogP contribution in [0.2, 0.25) is 0 Å². The summed E-state index contributed by atoms with van der Waals surface area (Å²) in [5.74, 6) is 1.81. The van der Waals surface area contributed by atoms with Crippen molar-refractivity contribution in [3.05, 3.63) is 220 Å². The summed E-state index contributed by atoms with van der Waals surface area (Å²) in [5, 5.41) is 0. The average Bonchev–Trinajstić information content (AvgIpc) is 3.61. The van der Waals surface area contributed by atoms with Crippen LogP contribution in [0.1, 0.15) is 72.2 Å². The number of ether oxygens (including phenoxy) is 1. The zero-order valence-corrected chi connectivity index (χ0v) is 32.6.